The minimum absolute atomic E-state index is 0.160. The topological polar surface area (TPSA) is 85.4 Å². The highest BCUT2D eigenvalue weighted by Gasteiger charge is 2.17. The molecule has 1 fully saturated rings. The zero-order valence-corrected chi connectivity index (χ0v) is 16.4. The van der Waals surface area contributed by atoms with Gasteiger partial charge in [0, 0.05) is 29.9 Å². The highest BCUT2D eigenvalue weighted by Crippen LogP contribution is 2.31. The number of ether oxygens (including phenoxy) is 2. The van der Waals surface area contributed by atoms with Crippen LogP contribution in [0.5, 0.6) is 5.75 Å². The van der Waals surface area contributed by atoms with Crippen molar-refractivity contribution in [2.24, 2.45) is 0 Å². The molecule has 8 heteroatoms. The van der Waals surface area contributed by atoms with Crippen molar-refractivity contribution in [2.45, 2.75) is 32.8 Å². The van der Waals surface area contributed by atoms with Gasteiger partial charge in [-0.2, -0.15) is 0 Å². The number of halogens is 1. The Balaban J connectivity index is 1.75. The number of aromatic nitrogens is 2. The van der Waals surface area contributed by atoms with Crippen LogP contribution in [0.3, 0.4) is 0 Å². The zero-order chi connectivity index (χ0) is 19.4. The number of nitrogens with zero attached hydrogens (tertiary/aromatic N) is 2. The van der Waals surface area contributed by atoms with Crippen LogP contribution in [0.15, 0.2) is 18.2 Å². The Hall–Kier alpha value is -2.38. The van der Waals surface area contributed by atoms with Crippen LogP contribution < -0.4 is 15.4 Å². The molecule has 2 heterocycles. The summed E-state index contributed by atoms with van der Waals surface area (Å²) in [5.74, 6) is 0.553. The third-order valence-electron chi connectivity index (χ3n) is 4.33. The molecule has 1 aliphatic heterocycles. The number of rotatable bonds is 6. The summed E-state index contributed by atoms with van der Waals surface area (Å²) in [6, 6.07) is 5.08. The van der Waals surface area contributed by atoms with Crippen LogP contribution in [0.25, 0.3) is 0 Å². The molecule has 1 aromatic carbocycles. The van der Waals surface area contributed by atoms with Gasteiger partial charge in [0.1, 0.15) is 11.4 Å². The second-order valence-electron chi connectivity index (χ2n) is 6.49. The normalized spacial score (nSPS) is 16.2. The van der Waals surface area contributed by atoms with Crippen molar-refractivity contribution >= 4 is 29.1 Å². The highest BCUT2D eigenvalue weighted by atomic mass is 35.5. The van der Waals surface area contributed by atoms with Gasteiger partial charge < -0.3 is 20.1 Å². The summed E-state index contributed by atoms with van der Waals surface area (Å²) < 4.78 is 10.9. The molecule has 1 atom stereocenters. The molecule has 144 valence electrons. The molecule has 0 spiro atoms. The van der Waals surface area contributed by atoms with Crippen molar-refractivity contribution in [3.05, 3.63) is 40.2 Å². The van der Waals surface area contributed by atoms with Crippen molar-refractivity contribution in [3.63, 3.8) is 0 Å². The van der Waals surface area contributed by atoms with Crippen molar-refractivity contribution in [1.82, 2.24) is 9.97 Å². The second-order valence-corrected chi connectivity index (χ2v) is 6.90. The molecule has 1 aromatic heterocycles. The summed E-state index contributed by atoms with van der Waals surface area (Å²) in [7, 11) is 1.53. The Morgan fingerprint density at radius 2 is 2.15 bits per heavy atom. The summed E-state index contributed by atoms with van der Waals surface area (Å²) in [6.07, 6.45) is 2.24. The second kappa shape index (κ2) is 8.54. The van der Waals surface area contributed by atoms with E-state index in [1.165, 1.54) is 7.11 Å². The lowest BCUT2D eigenvalue weighted by molar-refractivity contribution is 0.102. The van der Waals surface area contributed by atoms with Gasteiger partial charge in [0.15, 0.2) is 0 Å². The van der Waals surface area contributed by atoms with E-state index in [0.717, 1.165) is 25.0 Å². The largest absolute Gasteiger partial charge is 0.495 e. The van der Waals surface area contributed by atoms with Crippen LogP contribution in [0.4, 0.5) is 11.6 Å². The van der Waals surface area contributed by atoms with Gasteiger partial charge in [0.05, 0.1) is 18.9 Å². The van der Waals surface area contributed by atoms with Gasteiger partial charge in [-0.1, -0.05) is 11.6 Å². The minimum Gasteiger partial charge on any atom is -0.495 e. The fraction of sp³-hybridized carbons (Fsp3) is 0.421. The minimum atomic E-state index is -0.347. The zero-order valence-electron chi connectivity index (χ0n) is 15.6. The van der Waals surface area contributed by atoms with Crippen molar-refractivity contribution in [1.29, 1.82) is 0 Å². The maximum absolute atomic E-state index is 12.7. The molecule has 1 unspecified atom stereocenters. The number of anilines is 2. The molecule has 0 aliphatic carbocycles. The molecule has 1 amide bonds. The summed E-state index contributed by atoms with van der Waals surface area (Å²) in [4.78, 5) is 21.4. The number of hydrogen-bond donors (Lipinski definition) is 2. The average Bonchev–Trinajstić information content (AvgIpc) is 3.16. The molecule has 1 aliphatic rings. The number of nitrogens with one attached hydrogen (secondary N) is 2. The highest BCUT2D eigenvalue weighted by molar-refractivity contribution is 6.31. The van der Waals surface area contributed by atoms with E-state index < -0.39 is 0 Å². The first-order valence-corrected chi connectivity index (χ1v) is 9.20. The Morgan fingerprint density at radius 1 is 1.33 bits per heavy atom. The van der Waals surface area contributed by atoms with E-state index in [9.17, 15) is 4.79 Å². The first-order chi connectivity index (χ1) is 13.0. The van der Waals surface area contributed by atoms with Gasteiger partial charge in [-0.05, 0) is 44.4 Å². The number of methoxy groups -OCH3 is 1. The van der Waals surface area contributed by atoms with Crippen molar-refractivity contribution in [3.8, 4) is 5.75 Å². The van der Waals surface area contributed by atoms with Crippen molar-refractivity contribution < 1.29 is 14.3 Å². The number of aryl methyl sites for hydroxylation is 2. The lowest BCUT2D eigenvalue weighted by atomic mass is 10.2. The average molecular weight is 391 g/mol. The molecule has 27 heavy (non-hydrogen) atoms. The predicted molar refractivity (Wildman–Crippen MR) is 105 cm³/mol. The Bertz CT molecular complexity index is 838. The monoisotopic (exact) mass is 390 g/mol. The number of hydrogen-bond acceptors (Lipinski definition) is 6. The van der Waals surface area contributed by atoms with Crippen LogP contribution in [0, 0.1) is 13.8 Å². The first-order valence-electron chi connectivity index (χ1n) is 8.83. The standard InChI is InChI=1S/C19H23ClN4O3/c1-11-7-15(17(26-3)9-14(11)20)23-18(25)16-8-12(2)22-19(24-16)21-10-13-5-4-6-27-13/h7-9,13H,4-6,10H2,1-3H3,(H,23,25)(H,21,22,24). The van der Waals surface area contributed by atoms with E-state index in [1.54, 1.807) is 18.2 Å². The lowest BCUT2D eigenvalue weighted by Crippen LogP contribution is -2.21. The molecular weight excluding hydrogens is 368 g/mol. The SMILES string of the molecule is COc1cc(Cl)c(C)cc1NC(=O)c1cc(C)nc(NCC2CCCO2)n1. The lowest BCUT2D eigenvalue weighted by Gasteiger charge is -2.14. The van der Waals surface area contributed by atoms with Gasteiger partial charge in [0.25, 0.3) is 5.91 Å². The molecule has 1 saturated heterocycles. The Morgan fingerprint density at radius 3 is 2.85 bits per heavy atom. The predicted octanol–water partition coefficient (Wildman–Crippen LogP) is 3.60. The van der Waals surface area contributed by atoms with E-state index in [2.05, 4.69) is 20.6 Å². The third-order valence-corrected chi connectivity index (χ3v) is 4.73. The van der Waals surface area contributed by atoms with Crippen LogP contribution in [-0.2, 0) is 4.74 Å². The molecular formula is C19H23ClN4O3. The quantitative estimate of drug-likeness (QED) is 0.783. The first kappa shape index (κ1) is 19.4. The van der Waals surface area contributed by atoms with Crippen LogP contribution in [0.1, 0.15) is 34.6 Å². The van der Waals surface area contributed by atoms with Crippen molar-refractivity contribution in [2.75, 3.05) is 30.9 Å². The number of carbonyl (C=O) groups excluding carboxylic acids is 1. The fourth-order valence-electron chi connectivity index (χ4n) is 2.89. The summed E-state index contributed by atoms with van der Waals surface area (Å²) in [5.41, 5.74) is 2.34. The van der Waals surface area contributed by atoms with Gasteiger partial charge >= 0.3 is 0 Å². The number of benzene rings is 1. The van der Waals surface area contributed by atoms with Gasteiger partial charge in [-0.25, -0.2) is 9.97 Å². The van der Waals surface area contributed by atoms with E-state index >= 15 is 0 Å². The third kappa shape index (κ3) is 4.87. The van der Waals surface area contributed by atoms with Gasteiger partial charge in [-0.3, -0.25) is 4.79 Å². The maximum Gasteiger partial charge on any atom is 0.274 e. The molecule has 7 nitrogen and oxygen atoms in total. The Labute approximate surface area is 163 Å². The summed E-state index contributed by atoms with van der Waals surface area (Å²) >= 11 is 6.12. The number of carbonyl (C=O) groups is 1. The van der Waals surface area contributed by atoms with Gasteiger partial charge in [-0.15, -0.1) is 0 Å². The van der Waals surface area contributed by atoms with E-state index in [-0.39, 0.29) is 17.7 Å². The summed E-state index contributed by atoms with van der Waals surface area (Å²) in [5, 5.41) is 6.56. The van der Waals surface area contributed by atoms with E-state index in [4.69, 9.17) is 21.1 Å². The number of amides is 1. The van der Waals surface area contributed by atoms with Crippen LogP contribution in [0.2, 0.25) is 5.02 Å². The fourth-order valence-corrected chi connectivity index (χ4v) is 3.04. The molecule has 0 bridgehead atoms. The van der Waals surface area contributed by atoms with Crippen LogP contribution >= 0.6 is 11.6 Å². The molecule has 3 rings (SSSR count). The van der Waals surface area contributed by atoms with Gasteiger partial charge in [0.2, 0.25) is 5.95 Å². The summed E-state index contributed by atoms with van der Waals surface area (Å²) in [6.45, 7) is 5.09. The molecule has 2 aromatic rings. The van der Waals surface area contributed by atoms with E-state index in [0.29, 0.717) is 34.6 Å². The maximum atomic E-state index is 12.7. The molecule has 0 saturated carbocycles. The molecule has 0 radical (unpaired) electrons. The van der Waals surface area contributed by atoms with Crippen LogP contribution in [-0.4, -0.2) is 42.2 Å². The Kier molecular flexibility index (Phi) is 6.13. The van der Waals surface area contributed by atoms with E-state index in [1.807, 2.05) is 13.8 Å². The molecule has 2 N–H and O–H groups in total. The smallest absolute Gasteiger partial charge is 0.274 e.